The van der Waals surface area contributed by atoms with Gasteiger partial charge in [0.15, 0.2) is 11.6 Å². The molecule has 6 heteroatoms. The number of amides is 1. The van der Waals surface area contributed by atoms with Crippen LogP contribution in [-0.2, 0) is 0 Å². The molecular weight excluding hydrogens is 247 g/mol. The Balaban J connectivity index is 2.33. The van der Waals surface area contributed by atoms with Crippen LogP contribution in [0.25, 0.3) is 0 Å². The van der Waals surface area contributed by atoms with Crippen molar-refractivity contribution in [2.45, 2.75) is 45.2 Å². The predicted molar refractivity (Wildman–Crippen MR) is 70.9 cm³/mol. The third-order valence-electron chi connectivity index (χ3n) is 3.68. The summed E-state index contributed by atoms with van der Waals surface area (Å²) in [6, 6.07) is 1.64. The highest BCUT2D eigenvalue weighted by Crippen LogP contribution is 2.26. The minimum atomic E-state index is -0.694. The van der Waals surface area contributed by atoms with Gasteiger partial charge in [-0.1, -0.05) is 0 Å². The van der Waals surface area contributed by atoms with Gasteiger partial charge in [0.25, 0.3) is 5.91 Å². The third kappa shape index (κ3) is 2.53. The van der Waals surface area contributed by atoms with Crippen LogP contribution in [0.4, 0.5) is 10.2 Å². The third-order valence-corrected chi connectivity index (χ3v) is 3.68. The van der Waals surface area contributed by atoms with Gasteiger partial charge in [-0.2, -0.15) is 0 Å². The maximum Gasteiger partial charge on any atom is 0.257 e. The van der Waals surface area contributed by atoms with Gasteiger partial charge in [0.05, 0.1) is 5.56 Å². The van der Waals surface area contributed by atoms with Gasteiger partial charge in [0.2, 0.25) is 0 Å². The van der Waals surface area contributed by atoms with Crippen LogP contribution in [0.2, 0.25) is 0 Å². The van der Waals surface area contributed by atoms with E-state index in [2.05, 4.69) is 10.4 Å². The molecule has 3 N–H and O–H groups in total. The number of aromatic nitrogens is 1. The number of hydrogen-bond donors (Lipinski definition) is 2. The number of nitrogens with zero attached hydrogens (tertiary/aromatic N) is 2. The number of nitrogen functional groups attached to an aromatic ring is 1. The summed E-state index contributed by atoms with van der Waals surface area (Å²) in [5, 5.41) is 0. The van der Waals surface area contributed by atoms with E-state index >= 15 is 0 Å². The summed E-state index contributed by atoms with van der Waals surface area (Å²) in [4.78, 5) is 18.0. The summed E-state index contributed by atoms with van der Waals surface area (Å²) in [5.41, 5.74) is 2.18. The Hall–Kier alpha value is -1.69. The maximum atomic E-state index is 14.1. The molecule has 1 amide bonds. The molecule has 0 aliphatic carbocycles. The van der Waals surface area contributed by atoms with Crippen LogP contribution in [0.1, 0.15) is 43.5 Å². The quantitative estimate of drug-likeness (QED) is 0.633. The van der Waals surface area contributed by atoms with Crippen molar-refractivity contribution in [3.63, 3.8) is 0 Å². The second-order valence-corrected chi connectivity index (χ2v) is 5.01. The summed E-state index contributed by atoms with van der Waals surface area (Å²) in [6.07, 6.45) is 4.38. The molecule has 1 aromatic rings. The Labute approximate surface area is 112 Å². The number of piperidine rings is 1. The molecule has 2 unspecified atom stereocenters. The molecule has 0 spiro atoms. The second kappa shape index (κ2) is 5.52. The Morgan fingerprint density at radius 3 is 2.68 bits per heavy atom. The van der Waals surface area contributed by atoms with Crippen molar-refractivity contribution in [3.8, 4) is 0 Å². The van der Waals surface area contributed by atoms with Gasteiger partial charge in [-0.05, 0) is 39.2 Å². The zero-order chi connectivity index (χ0) is 14.0. The molecule has 1 aliphatic heterocycles. The molecule has 0 bridgehead atoms. The lowest BCUT2D eigenvalue weighted by Gasteiger charge is -2.39. The van der Waals surface area contributed by atoms with E-state index in [-0.39, 0.29) is 29.4 Å². The highest BCUT2D eigenvalue weighted by Gasteiger charge is 2.31. The topological polar surface area (TPSA) is 71.2 Å². The Morgan fingerprint density at radius 2 is 2.11 bits per heavy atom. The van der Waals surface area contributed by atoms with Crippen molar-refractivity contribution in [1.82, 2.24) is 9.88 Å². The van der Waals surface area contributed by atoms with Crippen molar-refractivity contribution in [1.29, 1.82) is 0 Å². The van der Waals surface area contributed by atoms with Crippen molar-refractivity contribution in [3.05, 3.63) is 23.6 Å². The van der Waals surface area contributed by atoms with Gasteiger partial charge >= 0.3 is 0 Å². The molecule has 1 aromatic heterocycles. The molecule has 2 heterocycles. The molecule has 0 saturated carbocycles. The molecule has 5 nitrogen and oxygen atoms in total. The number of rotatable bonds is 2. The van der Waals surface area contributed by atoms with E-state index in [0.717, 1.165) is 19.3 Å². The normalized spacial score (nSPS) is 23.3. The van der Waals surface area contributed by atoms with E-state index in [1.54, 1.807) is 4.90 Å². The van der Waals surface area contributed by atoms with Crippen molar-refractivity contribution < 1.29 is 9.18 Å². The van der Waals surface area contributed by atoms with Gasteiger partial charge in [0.1, 0.15) is 0 Å². The minimum Gasteiger partial charge on any atom is -0.333 e. The lowest BCUT2D eigenvalue weighted by molar-refractivity contribution is 0.0506. The van der Waals surface area contributed by atoms with Gasteiger partial charge in [0, 0.05) is 18.3 Å². The summed E-state index contributed by atoms with van der Waals surface area (Å²) < 4.78 is 14.1. The molecule has 1 fully saturated rings. The number of hydrogen-bond acceptors (Lipinski definition) is 4. The first-order chi connectivity index (χ1) is 9.06. The van der Waals surface area contributed by atoms with Gasteiger partial charge in [-0.25, -0.2) is 15.2 Å². The number of halogens is 1. The largest absolute Gasteiger partial charge is 0.333 e. The fourth-order valence-electron chi connectivity index (χ4n) is 2.67. The highest BCUT2D eigenvalue weighted by atomic mass is 19.1. The molecular formula is C13H19FN4O. The molecule has 104 valence electrons. The highest BCUT2D eigenvalue weighted by molar-refractivity contribution is 5.95. The van der Waals surface area contributed by atoms with Crippen molar-refractivity contribution >= 4 is 11.7 Å². The summed E-state index contributed by atoms with van der Waals surface area (Å²) in [7, 11) is 0. The van der Waals surface area contributed by atoms with Crippen LogP contribution in [-0.4, -0.2) is 27.9 Å². The fraction of sp³-hybridized carbons (Fsp3) is 0.538. The van der Waals surface area contributed by atoms with Crippen molar-refractivity contribution in [2.24, 2.45) is 5.84 Å². The van der Waals surface area contributed by atoms with Crippen LogP contribution in [0.5, 0.6) is 0 Å². The Kier molecular flexibility index (Phi) is 3.99. The van der Waals surface area contributed by atoms with E-state index in [1.807, 2.05) is 13.8 Å². The number of likely N-dealkylation sites (tertiary alicyclic amines) is 1. The Bertz CT molecular complexity index is 470. The lowest BCUT2D eigenvalue weighted by atomic mass is 9.96. The molecule has 0 radical (unpaired) electrons. The number of nitrogens with one attached hydrogen (secondary N) is 1. The molecule has 2 atom stereocenters. The maximum absolute atomic E-state index is 14.1. The second-order valence-electron chi connectivity index (χ2n) is 5.01. The predicted octanol–water partition coefficient (Wildman–Crippen LogP) is 1.91. The lowest BCUT2D eigenvalue weighted by Crippen LogP contribution is -2.47. The van der Waals surface area contributed by atoms with Crippen LogP contribution in [0.3, 0.4) is 0 Å². The zero-order valence-corrected chi connectivity index (χ0v) is 11.2. The number of hydrazine groups is 1. The molecule has 19 heavy (non-hydrogen) atoms. The molecule has 1 aliphatic rings. The number of pyridine rings is 1. The first kappa shape index (κ1) is 13.7. The van der Waals surface area contributed by atoms with Gasteiger partial charge in [-0.3, -0.25) is 4.79 Å². The standard InChI is InChI=1S/C13H19FN4O/c1-8-4-3-5-9(2)18(8)13(19)10-6-7-16-12(17-15)11(10)14/h6-9H,3-5,15H2,1-2H3,(H,16,17). The monoisotopic (exact) mass is 266 g/mol. The fourth-order valence-corrected chi connectivity index (χ4v) is 2.67. The zero-order valence-electron chi connectivity index (χ0n) is 11.2. The smallest absolute Gasteiger partial charge is 0.257 e. The molecule has 2 rings (SSSR count). The minimum absolute atomic E-state index is 0.0172. The SMILES string of the molecule is CC1CCCC(C)N1C(=O)c1ccnc(NN)c1F. The van der Waals surface area contributed by atoms with Crippen LogP contribution in [0, 0.1) is 5.82 Å². The van der Waals surface area contributed by atoms with E-state index in [9.17, 15) is 9.18 Å². The van der Waals surface area contributed by atoms with Gasteiger partial charge in [-0.15, -0.1) is 0 Å². The first-order valence-electron chi connectivity index (χ1n) is 6.50. The first-order valence-corrected chi connectivity index (χ1v) is 6.50. The molecule has 0 aromatic carbocycles. The van der Waals surface area contributed by atoms with E-state index < -0.39 is 5.82 Å². The van der Waals surface area contributed by atoms with E-state index in [0.29, 0.717) is 0 Å². The number of anilines is 1. The van der Waals surface area contributed by atoms with E-state index in [4.69, 9.17) is 5.84 Å². The number of carbonyl (C=O) groups excluding carboxylic acids is 1. The number of carbonyl (C=O) groups is 1. The van der Waals surface area contributed by atoms with Crippen LogP contribution in [0.15, 0.2) is 12.3 Å². The average molecular weight is 266 g/mol. The Morgan fingerprint density at radius 1 is 1.47 bits per heavy atom. The average Bonchev–Trinajstić information content (AvgIpc) is 2.38. The summed E-state index contributed by atoms with van der Waals surface area (Å²) in [5.74, 6) is 4.08. The van der Waals surface area contributed by atoms with Crippen LogP contribution < -0.4 is 11.3 Å². The summed E-state index contributed by atoms with van der Waals surface area (Å²) in [6.45, 7) is 3.99. The number of nitrogens with two attached hydrogens (primary N) is 1. The summed E-state index contributed by atoms with van der Waals surface area (Å²) >= 11 is 0. The van der Waals surface area contributed by atoms with Crippen LogP contribution >= 0.6 is 0 Å². The molecule has 1 saturated heterocycles. The van der Waals surface area contributed by atoms with Crippen molar-refractivity contribution in [2.75, 3.05) is 5.43 Å². The van der Waals surface area contributed by atoms with Gasteiger partial charge < -0.3 is 10.3 Å². The van der Waals surface area contributed by atoms with E-state index in [1.165, 1.54) is 12.3 Å².